The third kappa shape index (κ3) is 9.08. The van der Waals surface area contributed by atoms with E-state index in [1.54, 1.807) is 36.4 Å². The van der Waals surface area contributed by atoms with E-state index in [0.717, 1.165) is 34.4 Å². The summed E-state index contributed by atoms with van der Waals surface area (Å²) in [5, 5.41) is 26.4. The molecule has 0 saturated carbocycles. The van der Waals surface area contributed by atoms with Crippen molar-refractivity contribution in [2.75, 3.05) is 0 Å². The fourth-order valence-corrected chi connectivity index (χ4v) is 4.07. The monoisotopic (exact) mass is 643 g/mol. The van der Waals surface area contributed by atoms with Gasteiger partial charge in [-0.3, -0.25) is 0 Å². The number of pyridine rings is 1. The summed E-state index contributed by atoms with van der Waals surface area (Å²) in [6.07, 6.45) is 0. The number of carboxylic acids is 2. The van der Waals surface area contributed by atoms with Crippen LogP contribution in [0, 0.1) is 27.7 Å². The molecule has 0 aliphatic rings. The molecule has 0 spiro atoms. The molecule has 0 amide bonds. The molecule has 208 valence electrons. The van der Waals surface area contributed by atoms with Crippen LogP contribution < -0.4 is 0 Å². The van der Waals surface area contributed by atoms with E-state index in [1.165, 1.54) is 12.1 Å². The van der Waals surface area contributed by atoms with Crippen molar-refractivity contribution < 1.29 is 39.3 Å². The first kappa shape index (κ1) is 33.4. The second-order valence-corrected chi connectivity index (χ2v) is 9.42. The maximum atomic E-state index is 10.3. The first-order valence-electron chi connectivity index (χ1n) is 12.0. The fraction of sp³-hybridized carbons (Fsp3) is 0.138. The van der Waals surface area contributed by atoms with Crippen molar-refractivity contribution in [3.63, 3.8) is 0 Å². The van der Waals surface area contributed by atoms with E-state index in [1.807, 2.05) is 67.4 Å². The predicted octanol–water partition coefficient (Wildman–Crippen LogP) is 6.76. The Labute approximate surface area is 260 Å². The summed E-state index contributed by atoms with van der Waals surface area (Å²) < 4.78 is 3.70. The van der Waals surface area contributed by atoms with Crippen LogP contribution in [0.25, 0.3) is 11.6 Å². The Balaban J connectivity index is 0.000000237. The Morgan fingerprint density at radius 3 is 1.27 bits per heavy atom. The van der Waals surface area contributed by atoms with Gasteiger partial charge in [-0.15, -0.1) is 0 Å². The van der Waals surface area contributed by atoms with Crippen LogP contribution in [0.1, 0.15) is 43.5 Å². The Bertz CT molecular complexity index is 1530. The molecule has 5 aromatic rings. The molecule has 9 nitrogen and oxygen atoms in total. The van der Waals surface area contributed by atoms with Gasteiger partial charge in [0.15, 0.2) is 11.6 Å². The van der Waals surface area contributed by atoms with Crippen LogP contribution in [0.15, 0.2) is 78.9 Å². The zero-order valence-electron chi connectivity index (χ0n) is 22.9. The number of aryl methyl sites for hydroxylation is 4. The Hall–Kier alpha value is -3.85. The molecule has 0 bridgehead atoms. The minimum absolute atomic E-state index is 0. The Morgan fingerprint density at radius 1 is 0.634 bits per heavy atom. The number of benzene rings is 2. The van der Waals surface area contributed by atoms with Gasteiger partial charge in [-0.1, -0.05) is 53.5 Å². The maximum absolute atomic E-state index is 10.3. The molecule has 0 aliphatic heterocycles. The normalized spacial score (nSPS) is 9.90. The van der Waals surface area contributed by atoms with Crippen LogP contribution in [0.2, 0.25) is 10.0 Å². The summed E-state index contributed by atoms with van der Waals surface area (Å²) in [7, 11) is 0. The average molecular weight is 646 g/mol. The summed E-state index contributed by atoms with van der Waals surface area (Å²) in [6, 6.07) is 22.6. The molecule has 0 unspecified atom stereocenters. The second-order valence-electron chi connectivity index (χ2n) is 8.60. The molecule has 3 heterocycles. The maximum Gasteiger partial charge on any atom is 0.337 e. The van der Waals surface area contributed by atoms with E-state index >= 15 is 0 Å². The summed E-state index contributed by atoms with van der Waals surface area (Å²) >= 11 is 11.1. The number of aromatic nitrogens is 5. The molecule has 2 N–H and O–H groups in total. The number of carboxylic acid groups (broad SMARTS) is 2. The quantitative estimate of drug-likeness (QED) is 0.207. The molecule has 0 atom stereocenters. The Morgan fingerprint density at radius 2 is 1.00 bits per heavy atom. The van der Waals surface area contributed by atoms with Crippen LogP contribution >= 0.6 is 23.2 Å². The SMILES string of the molecule is Cc1cc(C)n(-c2cccc(-n3nc(C)cc3C)n2)n1.O=C(O)c1ccccc1Cl.O=C(O)c1ccccc1Cl.[Zn]. The van der Waals surface area contributed by atoms with Crippen molar-refractivity contribution in [2.45, 2.75) is 27.7 Å². The van der Waals surface area contributed by atoms with Crippen LogP contribution in [0.3, 0.4) is 0 Å². The molecular formula is C29H27Cl2N5O4Zn. The van der Waals surface area contributed by atoms with Crippen molar-refractivity contribution in [3.05, 3.63) is 123 Å². The fourth-order valence-electron chi connectivity index (χ4n) is 3.64. The topological polar surface area (TPSA) is 123 Å². The van der Waals surface area contributed by atoms with Gasteiger partial charge in [0.05, 0.1) is 32.6 Å². The largest absolute Gasteiger partial charge is 0.478 e. The van der Waals surface area contributed by atoms with Crippen molar-refractivity contribution in [2.24, 2.45) is 0 Å². The third-order valence-electron chi connectivity index (χ3n) is 5.38. The molecule has 0 radical (unpaired) electrons. The summed E-state index contributed by atoms with van der Waals surface area (Å²) in [5.41, 5.74) is 4.40. The van der Waals surface area contributed by atoms with E-state index in [4.69, 9.17) is 33.4 Å². The van der Waals surface area contributed by atoms with Gasteiger partial charge in [0.1, 0.15) is 0 Å². The van der Waals surface area contributed by atoms with Gasteiger partial charge < -0.3 is 10.2 Å². The van der Waals surface area contributed by atoms with Crippen LogP contribution in [-0.2, 0) is 19.5 Å². The summed E-state index contributed by atoms with van der Waals surface area (Å²) in [4.78, 5) is 25.3. The molecule has 5 rings (SSSR count). The number of nitrogens with zero attached hydrogens (tertiary/aromatic N) is 5. The molecule has 41 heavy (non-hydrogen) atoms. The Kier molecular flexibility index (Phi) is 12.4. The van der Waals surface area contributed by atoms with Gasteiger partial charge in [0, 0.05) is 30.9 Å². The minimum Gasteiger partial charge on any atom is -0.478 e. The predicted molar refractivity (Wildman–Crippen MR) is 154 cm³/mol. The van der Waals surface area contributed by atoms with Crippen molar-refractivity contribution >= 4 is 35.1 Å². The molecule has 3 aromatic heterocycles. The number of aromatic carboxylic acids is 2. The molecule has 0 fully saturated rings. The van der Waals surface area contributed by atoms with Crippen molar-refractivity contribution in [1.29, 1.82) is 0 Å². The zero-order valence-corrected chi connectivity index (χ0v) is 27.4. The second kappa shape index (κ2) is 15.2. The summed E-state index contributed by atoms with van der Waals surface area (Å²) in [5.74, 6) is -0.377. The molecule has 0 saturated heterocycles. The van der Waals surface area contributed by atoms with Crippen molar-refractivity contribution in [3.8, 4) is 11.6 Å². The van der Waals surface area contributed by atoms with Gasteiger partial charge in [0.25, 0.3) is 0 Å². The molecule has 12 heteroatoms. The van der Waals surface area contributed by atoms with Gasteiger partial charge in [-0.25, -0.2) is 23.9 Å². The number of carbonyl (C=O) groups is 2. The average Bonchev–Trinajstić information content (AvgIpc) is 3.44. The molecule has 0 aliphatic carbocycles. The van der Waals surface area contributed by atoms with Gasteiger partial charge in [-0.2, -0.15) is 10.2 Å². The number of rotatable bonds is 4. The first-order chi connectivity index (χ1) is 19.0. The number of hydrogen-bond acceptors (Lipinski definition) is 5. The van der Waals surface area contributed by atoms with E-state index in [9.17, 15) is 9.59 Å². The zero-order chi connectivity index (χ0) is 29.4. The van der Waals surface area contributed by atoms with E-state index in [2.05, 4.69) is 15.2 Å². The van der Waals surface area contributed by atoms with E-state index in [-0.39, 0.29) is 40.7 Å². The van der Waals surface area contributed by atoms with Crippen LogP contribution in [-0.4, -0.2) is 46.7 Å². The van der Waals surface area contributed by atoms with E-state index in [0.29, 0.717) is 0 Å². The van der Waals surface area contributed by atoms with Gasteiger partial charge in [0.2, 0.25) is 0 Å². The van der Waals surface area contributed by atoms with Crippen LogP contribution in [0.5, 0.6) is 0 Å². The van der Waals surface area contributed by atoms with Crippen LogP contribution in [0.4, 0.5) is 0 Å². The third-order valence-corrected chi connectivity index (χ3v) is 6.04. The smallest absolute Gasteiger partial charge is 0.337 e. The minimum atomic E-state index is -0.995. The first-order valence-corrected chi connectivity index (χ1v) is 12.7. The number of halogens is 2. The van der Waals surface area contributed by atoms with Gasteiger partial charge in [-0.05, 0) is 76.2 Å². The van der Waals surface area contributed by atoms with Crippen molar-refractivity contribution in [1.82, 2.24) is 24.5 Å². The van der Waals surface area contributed by atoms with E-state index < -0.39 is 11.9 Å². The molecule has 2 aromatic carbocycles. The van der Waals surface area contributed by atoms with Gasteiger partial charge >= 0.3 is 11.9 Å². The summed E-state index contributed by atoms with van der Waals surface area (Å²) in [6.45, 7) is 8.01. The number of hydrogen-bond donors (Lipinski definition) is 2. The standard InChI is InChI=1S/C15H17N5.2C7H5ClO2.Zn/c1-10-8-12(3)19(17-10)14-6-5-7-15(16-14)20-13(4)9-11(2)18-20;2*8-6-4-2-1-3-5(6)7(9)10;/h5-9H,1-4H3;2*1-4H,(H,9,10);. The molecular weight excluding hydrogens is 619 g/mol.